The highest BCUT2D eigenvalue weighted by molar-refractivity contribution is 7.09. The third-order valence-corrected chi connectivity index (χ3v) is 6.00. The van der Waals surface area contributed by atoms with E-state index in [1.807, 2.05) is 73.0 Å². The molecular formula is C26H25N3O3S. The lowest BCUT2D eigenvalue weighted by Crippen LogP contribution is -2.30. The van der Waals surface area contributed by atoms with E-state index in [-0.39, 0.29) is 5.91 Å². The summed E-state index contributed by atoms with van der Waals surface area (Å²) in [7, 11) is 1.62. The highest BCUT2D eigenvalue weighted by Gasteiger charge is 2.17. The Kier molecular flexibility index (Phi) is 7.32. The minimum Gasteiger partial charge on any atom is -0.493 e. The lowest BCUT2D eigenvalue weighted by molar-refractivity contribution is 0.0751. The van der Waals surface area contributed by atoms with Crippen LogP contribution in [0.2, 0.25) is 0 Å². The van der Waals surface area contributed by atoms with Crippen molar-refractivity contribution in [3.8, 4) is 22.9 Å². The molecule has 1 amide bonds. The number of carbonyl (C=O) groups excluding carboxylic acids is 1. The van der Waals surface area contributed by atoms with E-state index in [2.05, 4.69) is 9.97 Å². The van der Waals surface area contributed by atoms with Gasteiger partial charge >= 0.3 is 0 Å². The molecule has 0 N–H and O–H groups in total. The van der Waals surface area contributed by atoms with Crippen molar-refractivity contribution < 1.29 is 14.3 Å². The molecular weight excluding hydrogens is 434 g/mol. The summed E-state index contributed by atoms with van der Waals surface area (Å²) in [5, 5.41) is 2.02. The summed E-state index contributed by atoms with van der Waals surface area (Å²) < 4.78 is 11.4. The van der Waals surface area contributed by atoms with Gasteiger partial charge in [-0.15, -0.1) is 11.3 Å². The molecule has 33 heavy (non-hydrogen) atoms. The SMILES string of the molecule is CCN(Cc1ccc(OCc2cccs2)c(OC)c1)C(=O)c1cnc(-c2ccccc2)nc1. The van der Waals surface area contributed by atoms with Crippen molar-refractivity contribution in [3.05, 3.63) is 94.4 Å². The van der Waals surface area contributed by atoms with E-state index in [4.69, 9.17) is 9.47 Å². The van der Waals surface area contributed by atoms with Gasteiger partial charge in [0.1, 0.15) is 6.61 Å². The maximum atomic E-state index is 13.1. The van der Waals surface area contributed by atoms with E-state index in [0.29, 0.717) is 42.6 Å². The highest BCUT2D eigenvalue weighted by Crippen LogP contribution is 2.30. The molecule has 0 aliphatic heterocycles. The molecule has 4 rings (SSSR count). The largest absolute Gasteiger partial charge is 0.493 e. The lowest BCUT2D eigenvalue weighted by atomic mass is 10.1. The molecule has 0 unspecified atom stereocenters. The van der Waals surface area contributed by atoms with Crippen molar-refractivity contribution in [1.82, 2.24) is 14.9 Å². The number of hydrogen-bond donors (Lipinski definition) is 0. The minimum absolute atomic E-state index is 0.117. The summed E-state index contributed by atoms with van der Waals surface area (Å²) in [5.41, 5.74) is 2.32. The van der Waals surface area contributed by atoms with Gasteiger partial charge in [0, 0.05) is 35.9 Å². The van der Waals surface area contributed by atoms with Crippen molar-refractivity contribution in [3.63, 3.8) is 0 Å². The average Bonchev–Trinajstić information content (AvgIpc) is 3.40. The van der Waals surface area contributed by atoms with Crippen LogP contribution in [0.15, 0.2) is 78.4 Å². The Labute approximate surface area is 197 Å². The summed E-state index contributed by atoms with van der Waals surface area (Å²) in [4.78, 5) is 24.7. The first-order valence-electron chi connectivity index (χ1n) is 10.7. The Bertz CT molecular complexity index is 1180. The molecule has 0 saturated carbocycles. The van der Waals surface area contributed by atoms with Crippen LogP contribution in [0.25, 0.3) is 11.4 Å². The van der Waals surface area contributed by atoms with Crippen molar-refractivity contribution in [2.24, 2.45) is 0 Å². The van der Waals surface area contributed by atoms with Crippen molar-refractivity contribution in [2.45, 2.75) is 20.1 Å². The van der Waals surface area contributed by atoms with Gasteiger partial charge in [-0.2, -0.15) is 0 Å². The second-order valence-electron chi connectivity index (χ2n) is 7.33. The molecule has 4 aromatic rings. The van der Waals surface area contributed by atoms with E-state index in [9.17, 15) is 4.79 Å². The normalized spacial score (nSPS) is 10.6. The average molecular weight is 460 g/mol. The van der Waals surface area contributed by atoms with E-state index in [0.717, 1.165) is 16.0 Å². The van der Waals surface area contributed by atoms with Crippen LogP contribution in [0.1, 0.15) is 27.7 Å². The molecule has 0 atom stereocenters. The molecule has 6 nitrogen and oxygen atoms in total. The van der Waals surface area contributed by atoms with Crippen LogP contribution in [0.4, 0.5) is 0 Å². The Morgan fingerprint density at radius 1 is 1.00 bits per heavy atom. The van der Waals surface area contributed by atoms with Crippen LogP contribution in [0, 0.1) is 0 Å². The minimum atomic E-state index is -0.117. The molecule has 7 heteroatoms. The van der Waals surface area contributed by atoms with Crippen molar-refractivity contribution >= 4 is 17.2 Å². The van der Waals surface area contributed by atoms with E-state index >= 15 is 0 Å². The number of hydrogen-bond acceptors (Lipinski definition) is 6. The van der Waals surface area contributed by atoms with Gasteiger partial charge in [-0.25, -0.2) is 9.97 Å². The predicted molar refractivity (Wildman–Crippen MR) is 130 cm³/mol. The summed E-state index contributed by atoms with van der Waals surface area (Å²) in [6.45, 7) is 3.44. The van der Waals surface area contributed by atoms with Crippen LogP contribution in [0.3, 0.4) is 0 Å². The molecule has 0 radical (unpaired) electrons. The number of aromatic nitrogens is 2. The summed E-state index contributed by atoms with van der Waals surface area (Å²) >= 11 is 1.65. The third-order valence-electron chi connectivity index (χ3n) is 5.15. The zero-order valence-electron chi connectivity index (χ0n) is 18.6. The predicted octanol–water partition coefficient (Wildman–Crippen LogP) is 5.46. The fraction of sp³-hybridized carbons (Fsp3) is 0.192. The maximum absolute atomic E-state index is 13.1. The lowest BCUT2D eigenvalue weighted by Gasteiger charge is -2.21. The van der Waals surface area contributed by atoms with Crippen LogP contribution >= 0.6 is 11.3 Å². The third kappa shape index (κ3) is 5.56. The smallest absolute Gasteiger partial charge is 0.257 e. The molecule has 168 valence electrons. The molecule has 0 aliphatic rings. The van der Waals surface area contributed by atoms with Crippen molar-refractivity contribution in [2.75, 3.05) is 13.7 Å². The molecule has 2 heterocycles. The quantitative estimate of drug-likeness (QED) is 0.333. The number of amides is 1. The molecule has 0 spiro atoms. The monoisotopic (exact) mass is 459 g/mol. The second kappa shape index (κ2) is 10.7. The topological polar surface area (TPSA) is 64.6 Å². The van der Waals surface area contributed by atoms with Gasteiger partial charge in [-0.05, 0) is 36.1 Å². The highest BCUT2D eigenvalue weighted by atomic mass is 32.1. The standard InChI is InChI=1S/C26H25N3O3S/c1-3-29(26(30)21-15-27-25(28-16-21)20-8-5-4-6-9-20)17-19-11-12-23(24(14-19)31-2)32-18-22-10-7-13-33-22/h4-16H,3,17-18H2,1-2H3. The van der Waals surface area contributed by atoms with Gasteiger partial charge in [-0.1, -0.05) is 42.5 Å². The van der Waals surface area contributed by atoms with Gasteiger partial charge < -0.3 is 14.4 Å². The maximum Gasteiger partial charge on any atom is 0.257 e. The Hall–Kier alpha value is -3.71. The fourth-order valence-corrected chi connectivity index (χ4v) is 3.99. The molecule has 2 aromatic carbocycles. The Morgan fingerprint density at radius 2 is 1.79 bits per heavy atom. The number of thiophene rings is 1. The molecule has 0 aliphatic carbocycles. The number of carbonyl (C=O) groups is 1. The fourth-order valence-electron chi connectivity index (χ4n) is 3.38. The molecule has 0 bridgehead atoms. The first kappa shape index (κ1) is 22.5. The first-order chi connectivity index (χ1) is 16.2. The summed E-state index contributed by atoms with van der Waals surface area (Å²) in [6, 6.07) is 19.5. The number of methoxy groups -OCH3 is 1. The van der Waals surface area contributed by atoms with E-state index < -0.39 is 0 Å². The van der Waals surface area contributed by atoms with Gasteiger partial charge in [0.05, 0.1) is 12.7 Å². The van der Waals surface area contributed by atoms with Crippen molar-refractivity contribution in [1.29, 1.82) is 0 Å². The number of ether oxygens (including phenoxy) is 2. The molecule has 2 aromatic heterocycles. The Balaban J connectivity index is 1.44. The number of rotatable bonds is 9. The van der Waals surface area contributed by atoms with Gasteiger partial charge in [0.15, 0.2) is 17.3 Å². The van der Waals surface area contributed by atoms with Gasteiger partial charge in [-0.3, -0.25) is 4.79 Å². The summed E-state index contributed by atoms with van der Waals surface area (Å²) in [6.07, 6.45) is 3.17. The van der Waals surface area contributed by atoms with E-state index in [1.54, 1.807) is 35.7 Å². The van der Waals surface area contributed by atoms with Crippen LogP contribution in [-0.4, -0.2) is 34.4 Å². The Morgan fingerprint density at radius 3 is 2.45 bits per heavy atom. The summed E-state index contributed by atoms with van der Waals surface area (Å²) in [5.74, 6) is 1.80. The number of benzene rings is 2. The first-order valence-corrected chi connectivity index (χ1v) is 11.5. The molecule has 0 fully saturated rings. The van der Waals surface area contributed by atoms with E-state index in [1.165, 1.54) is 0 Å². The van der Waals surface area contributed by atoms with Gasteiger partial charge in [0.25, 0.3) is 5.91 Å². The van der Waals surface area contributed by atoms with Crippen LogP contribution < -0.4 is 9.47 Å². The van der Waals surface area contributed by atoms with Crippen LogP contribution in [-0.2, 0) is 13.2 Å². The zero-order valence-corrected chi connectivity index (χ0v) is 19.4. The molecule has 0 saturated heterocycles. The van der Waals surface area contributed by atoms with Gasteiger partial charge in [0.2, 0.25) is 0 Å². The second-order valence-corrected chi connectivity index (χ2v) is 8.37. The zero-order chi connectivity index (χ0) is 23.0. The number of nitrogens with zero attached hydrogens (tertiary/aromatic N) is 3. The van der Waals surface area contributed by atoms with Crippen LogP contribution in [0.5, 0.6) is 11.5 Å².